The van der Waals surface area contributed by atoms with Crippen LogP contribution in [0.2, 0.25) is 0 Å². The van der Waals surface area contributed by atoms with Gasteiger partial charge in [0.1, 0.15) is 11.9 Å². The number of benzene rings is 1. The molecule has 0 spiro atoms. The molecule has 0 radical (unpaired) electrons. The van der Waals surface area contributed by atoms with Crippen LogP contribution in [-0.2, 0) is 0 Å². The lowest BCUT2D eigenvalue weighted by atomic mass is 10.1. The first-order chi connectivity index (χ1) is 9.17. The summed E-state index contributed by atoms with van der Waals surface area (Å²) in [5, 5.41) is 10.5. The van der Waals surface area contributed by atoms with E-state index in [1.807, 2.05) is 0 Å². The molecule has 1 aromatic carbocycles. The molecule has 0 saturated heterocycles. The van der Waals surface area contributed by atoms with Crippen molar-refractivity contribution in [3.05, 3.63) is 34.4 Å². The molecule has 1 aromatic rings. The average Bonchev–Trinajstić information content (AvgIpc) is 2.40. The van der Waals surface area contributed by atoms with Crippen molar-refractivity contribution in [1.29, 1.82) is 0 Å². The maximum absolute atomic E-state index is 12.5. The van der Waals surface area contributed by atoms with Gasteiger partial charge in [0.25, 0.3) is 5.69 Å². The van der Waals surface area contributed by atoms with Crippen LogP contribution >= 0.6 is 0 Å². The first kappa shape index (κ1) is 15.4. The maximum atomic E-state index is 12.5. The van der Waals surface area contributed by atoms with Crippen LogP contribution < -0.4 is 4.74 Å². The molecule has 0 aliphatic heterocycles. The second-order valence-corrected chi connectivity index (χ2v) is 4.46. The highest BCUT2D eigenvalue weighted by Crippen LogP contribution is 2.21. The molecular weight excluding hydrogens is 249 g/mol. The Balaban J connectivity index is 2.54. The van der Waals surface area contributed by atoms with Gasteiger partial charge in [-0.15, -0.1) is 0 Å². The average molecular weight is 269 g/mol. The van der Waals surface area contributed by atoms with E-state index in [2.05, 4.69) is 6.92 Å². The summed E-state index contributed by atoms with van der Waals surface area (Å²) in [4.78, 5) is 10.1. The molecule has 0 aliphatic carbocycles. The van der Waals surface area contributed by atoms with E-state index in [-0.39, 0.29) is 11.8 Å². The largest absolute Gasteiger partial charge is 0.490 e. The summed E-state index contributed by atoms with van der Waals surface area (Å²) in [5.74, 6) is 0.556. The van der Waals surface area contributed by atoms with Gasteiger partial charge in [0.15, 0.2) is 0 Å². The first-order valence-electron chi connectivity index (χ1n) is 6.64. The zero-order valence-corrected chi connectivity index (χ0v) is 11.2. The molecule has 0 aromatic heterocycles. The minimum atomic E-state index is -0.454. The van der Waals surface area contributed by atoms with E-state index < -0.39 is 11.6 Å². The highest BCUT2D eigenvalue weighted by Gasteiger charge is 2.11. The Kier molecular flexibility index (Phi) is 6.85. The molecule has 0 heterocycles. The van der Waals surface area contributed by atoms with Crippen LogP contribution in [0.1, 0.15) is 39.0 Å². The predicted octanol–water partition coefficient (Wildman–Crippen LogP) is 4.28. The number of ether oxygens (including phenoxy) is 1. The second kappa shape index (κ2) is 8.45. The minimum Gasteiger partial charge on any atom is -0.490 e. The topological polar surface area (TPSA) is 52.4 Å². The van der Waals surface area contributed by atoms with Gasteiger partial charge in [0, 0.05) is 18.6 Å². The van der Waals surface area contributed by atoms with E-state index in [4.69, 9.17) is 4.74 Å². The molecule has 0 fully saturated rings. The number of halogens is 1. The summed E-state index contributed by atoms with van der Waals surface area (Å²) in [6.07, 6.45) is 4.24. The van der Waals surface area contributed by atoms with E-state index >= 15 is 0 Å². The zero-order valence-electron chi connectivity index (χ0n) is 11.2. The highest BCUT2D eigenvalue weighted by molar-refractivity contribution is 5.36. The van der Waals surface area contributed by atoms with Gasteiger partial charge < -0.3 is 4.74 Å². The van der Waals surface area contributed by atoms with Gasteiger partial charge in [-0.3, -0.25) is 14.5 Å². The number of nitro groups is 1. The van der Waals surface area contributed by atoms with Crippen LogP contribution in [0.25, 0.3) is 0 Å². The monoisotopic (exact) mass is 269 g/mol. The predicted molar refractivity (Wildman–Crippen MR) is 72.2 cm³/mol. The third-order valence-corrected chi connectivity index (χ3v) is 2.91. The lowest BCUT2D eigenvalue weighted by Gasteiger charge is -2.17. The standard InChI is InChI=1S/C14H20FNO3/c1-2-3-4-5-13(10-11-15)19-14-8-6-12(7-9-14)16(17)18/h6-9,13H,2-5,10-11H2,1H3. The van der Waals surface area contributed by atoms with E-state index in [9.17, 15) is 14.5 Å². The third-order valence-electron chi connectivity index (χ3n) is 2.91. The number of unbranched alkanes of at least 4 members (excludes halogenated alkanes) is 2. The van der Waals surface area contributed by atoms with Crippen molar-refractivity contribution in [2.24, 2.45) is 0 Å². The molecule has 4 nitrogen and oxygen atoms in total. The lowest BCUT2D eigenvalue weighted by Crippen LogP contribution is -2.17. The molecule has 106 valence electrons. The molecule has 1 atom stereocenters. The van der Waals surface area contributed by atoms with Crippen molar-refractivity contribution < 1.29 is 14.1 Å². The summed E-state index contributed by atoms with van der Waals surface area (Å²) in [6.45, 7) is 1.70. The number of non-ortho nitro benzene ring substituents is 1. The van der Waals surface area contributed by atoms with Crippen molar-refractivity contribution in [1.82, 2.24) is 0 Å². The van der Waals surface area contributed by atoms with Crippen molar-refractivity contribution in [3.63, 3.8) is 0 Å². The van der Waals surface area contributed by atoms with Crippen LogP contribution in [0.3, 0.4) is 0 Å². The SMILES string of the molecule is CCCCCC(CCF)Oc1ccc([N+](=O)[O-])cc1. The molecule has 19 heavy (non-hydrogen) atoms. The zero-order chi connectivity index (χ0) is 14.1. The Morgan fingerprint density at radius 3 is 2.47 bits per heavy atom. The van der Waals surface area contributed by atoms with Crippen LogP contribution in [0, 0.1) is 10.1 Å². The lowest BCUT2D eigenvalue weighted by molar-refractivity contribution is -0.384. The van der Waals surface area contributed by atoms with Crippen LogP contribution in [0.15, 0.2) is 24.3 Å². The number of nitrogens with zero attached hydrogens (tertiary/aromatic N) is 1. The van der Waals surface area contributed by atoms with E-state index in [1.165, 1.54) is 12.1 Å². The summed E-state index contributed by atoms with van der Waals surface area (Å²) in [5.41, 5.74) is 0.0281. The smallest absolute Gasteiger partial charge is 0.269 e. The fraction of sp³-hybridized carbons (Fsp3) is 0.571. The fourth-order valence-corrected chi connectivity index (χ4v) is 1.84. The molecule has 0 saturated carbocycles. The van der Waals surface area contributed by atoms with Gasteiger partial charge in [0.05, 0.1) is 11.6 Å². The van der Waals surface area contributed by atoms with Gasteiger partial charge >= 0.3 is 0 Å². The van der Waals surface area contributed by atoms with E-state index in [1.54, 1.807) is 12.1 Å². The quantitative estimate of drug-likeness (QED) is 0.382. The maximum Gasteiger partial charge on any atom is 0.269 e. The van der Waals surface area contributed by atoms with Crippen LogP contribution in [0.5, 0.6) is 5.75 Å². The van der Waals surface area contributed by atoms with Crippen molar-refractivity contribution in [3.8, 4) is 5.75 Å². The van der Waals surface area contributed by atoms with Gasteiger partial charge in [-0.05, 0) is 25.0 Å². The number of nitro benzene ring substituents is 1. The Labute approximate surface area is 112 Å². The molecule has 1 unspecified atom stereocenters. The fourth-order valence-electron chi connectivity index (χ4n) is 1.84. The Hall–Kier alpha value is -1.65. The van der Waals surface area contributed by atoms with E-state index in [0.717, 1.165) is 25.7 Å². The van der Waals surface area contributed by atoms with Crippen LogP contribution in [-0.4, -0.2) is 17.7 Å². The van der Waals surface area contributed by atoms with Gasteiger partial charge in [0.2, 0.25) is 0 Å². The molecule has 0 amide bonds. The Bertz CT molecular complexity index is 381. The molecule has 5 heteroatoms. The third kappa shape index (κ3) is 5.68. The summed E-state index contributed by atoms with van der Waals surface area (Å²) < 4.78 is 18.1. The number of alkyl halides is 1. The minimum absolute atomic E-state index is 0.0281. The normalized spacial score (nSPS) is 12.1. The molecular formula is C14H20FNO3. The molecule has 1 rings (SSSR count). The highest BCUT2D eigenvalue weighted by atomic mass is 19.1. The van der Waals surface area contributed by atoms with Crippen molar-refractivity contribution in [2.75, 3.05) is 6.67 Å². The number of hydrogen-bond acceptors (Lipinski definition) is 3. The summed E-state index contributed by atoms with van der Waals surface area (Å²) >= 11 is 0. The van der Waals surface area contributed by atoms with Crippen LogP contribution in [0.4, 0.5) is 10.1 Å². The van der Waals surface area contributed by atoms with Gasteiger partial charge in [-0.2, -0.15) is 0 Å². The summed E-state index contributed by atoms with van der Waals surface area (Å²) in [7, 11) is 0. The number of hydrogen-bond donors (Lipinski definition) is 0. The second-order valence-electron chi connectivity index (χ2n) is 4.46. The molecule has 0 N–H and O–H groups in total. The Morgan fingerprint density at radius 2 is 1.95 bits per heavy atom. The molecule has 0 bridgehead atoms. The van der Waals surface area contributed by atoms with Gasteiger partial charge in [-0.1, -0.05) is 19.8 Å². The number of rotatable bonds is 9. The summed E-state index contributed by atoms with van der Waals surface area (Å²) in [6, 6.07) is 5.91. The van der Waals surface area contributed by atoms with E-state index in [0.29, 0.717) is 12.2 Å². The van der Waals surface area contributed by atoms with Crippen molar-refractivity contribution >= 4 is 5.69 Å². The van der Waals surface area contributed by atoms with Crippen molar-refractivity contribution in [2.45, 2.75) is 45.1 Å². The van der Waals surface area contributed by atoms with Gasteiger partial charge in [-0.25, -0.2) is 0 Å². The first-order valence-corrected chi connectivity index (χ1v) is 6.64. The molecule has 0 aliphatic rings. The Morgan fingerprint density at radius 1 is 1.26 bits per heavy atom.